The molecular weight excluding hydrogens is 266 g/mol. The van der Waals surface area contributed by atoms with E-state index in [-0.39, 0.29) is 23.6 Å². The molecule has 6 heteroatoms. The van der Waals surface area contributed by atoms with Crippen LogP contribution in [0.4, 0.5) is 8.78 Å². The minimum atomic E-state index is -2.92. The third-order valence-electron chi connectivity index (χ3n) is 3.37. The maximum absolute atomic E-state index is 12.3. The number of piperazine rings is 1. The van der Waals surface area contributed by atoms with Gasteiger partial charge in [0.25, 0.3) is 0 Å². The molecule has 0 atom stereocenters. The van der Waals surface area contributed by atoms with E-state index in [9.17, 15) is 13.6 Å². The van der Waals surface area contributed by atoms with Crippen molar-refractivity contribution in [1.29, 1.82) is 0 Å². The molecule has 0 amide bonds. The molecule has 1 aromatic carbocycles. The molecule has 20 heavy (non-hydrogen) atoms. The number of hydrogen-bond acceptors (Lipinski definition) is 4. The molecule has 0 spiro atoms. The highest BCUT2D eigenvalue weighted by Gasteiger charge is 2.20. The molecule has 1 aromatic rings. The highest BCUT2D eigenvalue weighted by molar-refractivity contribution is 6.00. The Morgan fingerprint density at radius 3 is 2.55 bits per heavy atom. The summed E-state index contributed by atoms with van der Waals surface area (Å²) in [7, 11) is 2.03. The van der Waals surface area contributed by atoms with Crippen molar-refractivity contribution >= 4 is 5.78 Å². The second-order valence-electron chi connectivity index (χ2n) is 4.88. The lowest BCUT2D eigenvalue weighted by molar-refractivity contribution is -0.0501. The van der Waals surface area contributed by atoms with Crippen LogP contribution < -0.4 is 4.74 Å². The second kappa shape index (κ2) is 6.76. The molecule has 0 N–H and O–H groups in total. The normalized spacial score (nSPS) is 17.4. The third-order valence-corrected chi connectivity index (χ3v) is 3.37. The Hall–Kier alpha value is -1.53. The molecule has 110 valence electrons. The highest BCUT2D eigenvalue weighted by atomic mass is 19.3. The molecule has 0 unspecified atom stereocenters. The summed E-state index contributed by atoms with van der Waals surface area (Å²) in [5.41, 5.74) is 0.215. The molecule has 1 saturated heterocycles. The van der Waals surface area contributed by atoms with Gasteiger partial charge in [-0.15, -0.1) is 0 Å². The van der Waals surface area contributed by atoms with E-state index in [1.54, 1.807) is 12.1 Å². The lowest BCUT2D eigenvalue weighted by Crippen LogP contribution is -2.46. The van der Waals surface area contributed by atoms with Crippen molar-refractivity contribution in [3.63, 3.8) is 0 Å². The maximum atomic E-state index is 12.3. The Labute approximate surface area is 116 Å². The van der Waals surface area contributed by atoms with E-state index < -0.39 is 6.61 Å². The molecule has 0 bridgehead atoms. The van der Waals surface area contributed by atoms with Crippen molar-refractivity contribution in [3.8, 4) is 5.75 Å². The van der Waals surface area contributed by atoms with Gasteiger partial charge in [-0.1, -0.05) is 12.1 Å². The van der Waals surface area contributed by atoms with E-state index in [2.05, 4.69) is 9.64 Å². The molecule has 0 aromatic heterocycles. The van der Waals surface area contributed by atoms with Gasteiger partial charge in [0.1, 0.15) is 5.75 Å². The first-order chi connectivity index (χ1) is 9.56. The fourth-order valence-corrected chi connectivity index (χ4v) is 2.19. The molecule has 1 aliphatic heterocycles. The summed E-state index contributed by atoms with van der Waals surface area (Å²) < 4.78 is 29.0. The van der Waals surface area contributed by atoms with E-state index >= 15 is 0 Å². The lowest BCUT2D eigenvalue weighted by atomic mass is 10.1. The summed E-state index contributed by atoms with van der Waals surface area (Å²) >= 11 is 0. The summed E-state index contributed by atoms with van der Waals surface area (Å²) in [5, 5.41) is 0. The second-order valence-corrected chi connectivity index (χ2v) is 4.88. The van der Waals surface area contributed by atoms with E-state index in [0.717, 1.165) is 26.2 Å². The number of nitrogens with zero attached hydrogens (tertiary/aromatic N) is 2. The first kappa shape index (κ1) is 14.9. The van der Waals surface area contributed by atoms with Gasteiger partial charge in [-0.25, -0.2) is 0 Å². The maximum Gasteiger partial charge on any atom is 0.387 e. The monoisotopic (exact) mass is 284 g/mol. The first-order valence-electron chi connectivity index (χ1n) is 6.54. The molecule has 1 heterocycles. The first-order valence-corrected chi connectivity index (χ1v) is 6.54. The van der Waals surface area contributed by atoms with Gasteiger partial charge in [-0.3, -0.25) is 9.69 Å². The van der Waals surface area contributed by atoms with Crippen LogP contribution in [0.15, 0.2) is 24.3 Å². The predicted molar refractivity (Wildman–Crippen MR) is 71.3 cm³/mol. The summed E-state index contributed by atoms with van der Waals surface area (Å²) in [6, 6.07) is 6.14. The summed E-state index contributed by atoms with van der Waals surface area (Å²) in [5.74, 6) is -0.243. The number of ketones is 1. The van der Waals surface area contributed by atoms with Gasteiger partial charge < -0.3 is 9.64 Å². The number of carbonyl (C=O) groups is 1. The molecule has 4 nitrogen and oxygen atoms in total. The number of carbonyl (C=O) groups excluding carboxylic acids is 1. The van der Waals surface area contributed by atoms with Gasteiger partial charge in [0, 0.05) is 26.2 Å². The van der Waals surface area contributed by atoms with Crippen molar-refractivity contribution in [2.24, 2.45) is 0 Å². The number of likely N-dealkylation sites (N-methyl/N-ethyl adjacent to an activating group) is 1. The van der Waals surface area contributed by atoms with Crippen LogP contribution in [0.1, 0.15) is 10.4 Å². The Morgan fingerprint density at radius 1 is 1.25 bits per heavy atom. The van der Waals surface area contributed by atoms with Gasteiger partial charge >= 0.3 is 6.61 Å². The smallest absolute Gasteiger partial charge is 0.387 e. The van der Waals surface area contributed by atoms with Crippen molar-refractivity contribution in [1.82, 2.24) is 9.80 Å². The number of Topliss-reactive ketones (excluding diaryl/α,β-unsaturated/α-hetero) is 1. The van der Waals surface area contributed by atoms with Crippen LogP contribution in [0.5, 0.6) is 5.75 Å². The largest absolute Gasteiger partial charge is 0.434 e. The van der Waals surface area contributed by atoms with Crippen molar-refractivity contribution in [3.05, 3.63) is 29.8 Å². The summed E-state index contributed by atoms with van der Waals surface area (Å²) in [6.07, 6.45) is 0. The summed E-state index contributed by atoms with van der Waals surface area (Å²) in [4.78, 5) is 16.4. The fraction of sp³-hybridized carbons (Fsp3) is 0.500. The minimum absolute atomic E-state index is 0.0540. The SMILES string of the molecule is CN1CCN(CC(=O)c2ccccc2OC(F)F)CC1. The van der Waals surface area contributed by atoms with Crippen molar-refractivity contribution in [2.75, 3.05) is 39.8 Å². The predicted octanol–water partition coefficient (Wildman–Crippen LogP) is 1.72. The van der Waals surface area contributed by atoms with Crippen LogP contribution in [-0.4, -0.2) is 62.0 Å². The number of para-hydroxylation sites is 1. The molecule has 1 aliphatic rings. The van der Waals surface area contributed by atoms with E-state index in [1.165, 1.54) is 12.1 Å². The third kappa shape index (κ3) is 3.98. The minimum Gasteiger partial charge on any atom is -0.434 e. The molecular formula is C14H18F2N2O2. The van der Waals surface area contributed by atoms with Gasteiger partial charge in [0.05, 0.1) is 12.1 Å². The molecule has 0 radical (unpaired) electrons. The number of rotatable bonds is 5. The average Bonchev–Trinajstić information content (AvgIpc) is 2.41. The van der Waals surface area contributed by atoms with Crippen LogP contribution in [0.3, 0.4) is 0 Å². The van der Waals surface area contributed by atoms with Crippen LogP contribution >= 0.6 is 0 Å². The van der Waals surface area contributed by atoms with Gasteiger partial charge in [-0.2, -0.15) is 8.78 Å². The molecule has 0 saturated carbocycles. The van der Waals surface area contributed by atoms with Gasteiger partial charge in [-0.05, 0) is 19.2 Å². The zero-order chi connectivity index (χ0) is 14.5. The topological polar surface area (TPSA) is 32.8 Å². The number of hydrogen-bond donors (Lipinski definition) is 0. The van der Waals surface area contributed by atoms with Crippen LogP contribution in [0.2, 0.25) is 0 Å². The number of halogens is 2. The van der Waals surface area contributed by atoms with E-state index in [0.29, 0.717) is 0 Å². The standard InChI is InChI=1S/C14H18F2N2O2/c1-17-6-8-18(9-7-17)10-12(19)11-4-2-3-5-13(11)20-14(15)16/h2-5,14H,6-10H2,1H3. The Morgan fingerprint density at radius 2 is 1.90 bits per heavy atom. The van der Waals surface area contributed by atoms with E-state index in [4.69, 9.17) is 0 Å². The van der Waals surface area contributed by atoms with Crippen LogP contribution in [-0.2, 0) is 0 Å². The number of ether oxygens (including phenoxy) is 1. The average molecular weight is 284 g/mol. The Balaban J connectivity index is 2.01. The summed E-state index contributed by atoms with van der Waals surface area (Å²) in [6.45, 7) is 0.732. The van der Waals surface area contributed by atoms with E-state index in [1.807, 2.05) is 11.9 Å². The van der Waals surface area contributed by atoms with Crippen molar-refractivity contribution < 1.29 is 18.3 Å². The highest BCUT2D eigenvalue weighted by Crippen LogP contribution is 2.21. The Bertz CT molecular complexity index is 460. The molecule has 2 rings (SSSR count). The quantitative estimate of drug-likeness (QED) is 0.771. The zero-order valence-electron chi connectivity index (χ0n) is 11.4. The molecule has 1 fully saturated rings. The van der Waals surface area contributed by atoms with Gasteiger partial charge in [0.15, 0.2) is 5.78 Å². The molecule has 0 aliphatic carbocycles. The fourth-order valence-electron chi connectivity index (χ4n) is 2.19. The van der Waals surface area contributed by atoms with Crippen LogP contribution in [0, 0.1) is 0 Å². The zero-order valence-corrected chi connectivity index (χ0v) is 11.4. The number of alkyl halides is 2. The Kier molecular flexibility index (Phi) is 5.03. The van der Waals surface area contributed by atoms with Crippen LogP contribution in [0.25, 0.3) is 0 Å². The van der Waals surface area contributed by atoms with Gasteiger partial charge in [0.2, 0.25) is 0 Å². The van der Waals surface area contributed by atoms with Crippen molar-refractivity contribution in [2.45, 2.75) is 6.61 Å². The lowest BCUT2D eigenvalue weighted by Gasteiger charge is -2.31. The number of benzene rings is 1.